The molecule has 0 bridgehead atoms. The molecule has 1 unspecified atom stereocenters. The first kappa shape index (κ1) is 18.5. The van der Waals surface area contributed by atoms with Crippen LogP contribution in [0.1, 0.15) is 17.2 Å². The Balaban J connectivity index is 1.67. The van der Waals surface area contributed by atoms with Gasteiger partial charge in [-0.05, 0) is 35.4 Å². The van der Waals surface area contributed by atoms with E-state index in [4.69, 9.17) is 4.74 Å². The van der Waals surface area contributed by atoms with Gasteiger partial charge in [0.1, 0.15) is 5.75 Å². The van der Waals surface area contributed by atoms with Crippen LogP contribution in [0.25, 0.3) is 6.08 Å². The highest BCUT2D eigenvalue weighted by atomic mass is 32.2. The lowest BCUT2D eigenvalue weighted by Gasteiger charge is -2.07. The summed E-state index contributed by atoms with van der Waals surface area (Å²) in [6, 6.07) is 25.6. The first-order chi connectivity index (χ1) is 13.6. The van der Waals surface area contributed by atoms with E-state index < -0.39 is 10.0 Å². The van der Waals surface area contributed by atoms with Crippen LogP contribution in [0.4, 0.5) is 0 Å². The zero-order valence-corrected chi connectivity index (χ0v) is 16.3. The molecule has 0 saturated carbocycles. The van der Waals surface area contributed by atoms with Crippen molar-refractivity contribution < 1.29 is 13.2 Å². The van der Waals surface area contributed by atoms with Crippen LogP contribution >= 0.6 is 0 Å². The number of benzene rings is 3. The van der Waals surface area contributed by atoms with Crippen LogP contribution in [0, 0.1) is 0 Å². The van der Waals surface area contributed by atoms with E-state index >= 15 is 0 Å². The molecule has 0 radical (unpaired) electrons. The summed E-state index contributed by atoms with van der Waals surface area (Å²) < 4.78 is 33.2. The number of methoxy groups -OCH3 is 1. The van der Waals surface area contributed by atoms with Crippen molar-refractivity contribution in [2.75, 3.05) is 7.11 Å². The topological polar surface area (TPSA) is 46.4 Å². The van der Waals surface area contributed by atoms with Crippen LogP contribution in [-0.4, -0.2) is 25.9 Å². The summed E-state index contributed by atoms with van der Waals surface area (Å²) in [6.45, 7) is 0. The maximum absolute atomic E-state index is 13.2. The van der Waals surface area contributed by atoms with Crippen molar-refractivity contribution in [3.8, 4) is 5.75 Å². The number of ether oxygens (including phenoxy) is 1. The molecule has 0 spiro atoms. The molecular weight excluding hydrogens is 370 g/mol. The molecule has 0 aliphatic carbocycles. The normalized spacial score (nSPS) is 21.5. The lowest BCUT2D eigenvalue weighted by atomic mass is 10.1. The summed E-state index contributed by atoms with van der Waals surface area (Å²) in [6.07, 6.45) is 3.94. The van der Waals surface area contributed by atoms with Crippen molar-refractivity contribution in [1.82, 2.24) is 4.31 Å². The molecule has 3 atom stereocenters. The number of nitrogens with zero attached hydrogens (tertiary/aromatic N) is 1. The highest BCUT2D eigenvalue weighted by Crippen LogP contribution is 2.48. The van der Waals surface area contributed by atoms with Crippen LogP contribution in [0.15, 0.2) is 95.9 Å². The number of sulfonamides is 1. The van der Waals surface area contributed by atoms with Crippen LogP contribution < -0.4 is 4.74 Å². The van der Waals surface area contributed by atoms with Gasteiger partial charge in [-0.25, -0.2) is 8.42 Å². The van der Waals surface area contributed by atoms with Crippen LogP contribution in [0.5, 0.6) is 5.75 Å². The number of rotatable bonds is 6. The van der Waals surface area contributed by atoms with E-state index in [0.29, 0.717) is 4.90 Å². The minimum Gasteiger partial charge on any atom is -0.497 e. The van der Waals surface area contributed by atoms with E-state index in [1.807, 2.05) is 72.8 Å². The standard InChI is InChI=1S/C23H21NO3S/c1-27-20-15-13-19(14-16-20)23-22(17-12-18-8-4-2-5-9-18)24(23)28(25,26)21-10-6-3-7-11-21/h2-17,22-23H,1H3/b17-12+/t22-,23+,24?/m1/s1. The Bertz CT molecular complexity index is 1060. The monoisotopic (exact) mass is 391 g/mol. The summed E-state index contributed by atoms with van der Waals surface area (Å²) in [5, 5.41) is 0. The van der Waals surface area contributed by atoms with Crippen molar-refractivity contribution in [1.29, 1.82) is 0 Å². The van der Waals surface area contributed by atoms with E-state index in [0.717, 1.165) is 16.9 Å². The van der Waals surface area contributed by atoms with Gasteiger partial charge in [-0.15, -0.1) is 0 Å². The quantitative estimate of drug-likeness (QED) is 0.580. The smallest absolute Gasteiger partial charge is 0.244 e. The zero-order valence-electron chi connectivity index (χ0n) is 15.5. The summed E-state index contributed by atoms with van der Waals surface area (Å²) in [4.78, 5) is 0.309. The maximum atomic E-state index is 13.2. The first-order valence-electron chi connectivity index (χ1n) is 9.07. The highest BCUT2D eigenvalue weighted by Gasteiger charge is 2.54. The molecule has 0 amide bonds. The maximum Gasteiger partial charge on any atom is 0.244 e. The van der Waals surface area contributed by atoms with Gasteiger partial charge in [0.25, 0.3) is 0 Å². The molecule has 1 saturated heterocycles. The Hall–Kier alpha value is -2.89. The Morgan fingerprint density at radius 3 is 2.07 bits per heavy atom. The fourth-order valence-corrected chi connectivity index (χ4v) is 5.10. The summed E-state index contributed by atoms with van der Waals surface area (Å²) in [5.41, 5.74) is 1.99. The van der Waals surface area contributed by atoms with Crippen molar-refractivity contribution in [3.05, 3.63) is 102 Å². The third kappa shape index (κ3) is 3.59. The van der Waals surface area contributed by atoms with E-state index in [1.165, 1.54) is 0 Å². The fraction of sp³-hybridized carbons (Fsp3) is 0.130. The molecule has 1 fully saturated rings. The predicted molar refractivity (Wildman–Crippen MR) is 110 cm³/mol. The molecule has 142 valence electrons. The lowest BCUT2D eigenvalue weighted by molar-refractivity contribution is 0.414. The Morgan fingerprint density at radius 2 is 1.46 bits per heavy atom. The second kappa shape index (κ2) is 7.62. The number of hydrogen-bond acceptors (Lipinski definition) is 3. The third-order valence-electron chi connectivity index (χ3n) is 4.86. The summed E-state index contributed by atoms with van der Waals surface area (Å²) >= 11 is 0. The van der Waals surface area contributed by atoms with E-state index in [-0.39, 0.29) is 12.1 Å². The van der Waals surface area contributed by atoms with Gasteiger partial charge < -0.3 is 4.74 Å². The highest BCUT2D eigenvalue weighted by molar-refractivity contribution is 7.89. The van der Waals surface area contributed by atoms with E-state index in [1.54, 1.807) is 35.7 Å². The van der Waals surface area contributed by atoms with E-state index in [9.17, 15) is 8.42 Å². The lowest BCUT2D eigenvalue weighted by Crippen LogP contribution is -2.14. The van der Waals surface area contributed by atoms with Crippen molar-refractivity contribution in [2.45, 2.75) is 17.0 Å². The van der Waals surface area contributed by atoms with Gasteiger partial charge in [0, 0.05) is 0 Å². The van der Waals surface area contributed by atoms with Crippen molar-refractivity contribution in [3.63, 3.8) is 0 Å². The molecule has 28 heavy (non-hydrogen) atoms. The molecule has 1 heterocycles. The van der Waals surface area contributed by atoms with Crippen molar-refractivity contribution >= 4 is 16.1 Å². The minimum absolute atomic E-state index is 0.223. The average molecular weight is 391 g/mol. The number of hydrogen-bond donors (Lipinski definition) is 0. The molecular formula is C23H21NO3S. The first-order valence-corrected chi connectivity index (χ1v) is 10.5. The van der Waals surface area contributed by atoms with Gasteiger partial charge in [0.05, 0.1) is 24.1 Å². The Labute approximate surface area is 165 Å². The van der Waals surface area contributed by atoms with Gasteiger partial charge in [-0.2, -0.15) is 4.31 Å². The van der Waals surface area contributed by atoms with Crippen LogP contribution in [-0.2, 0) is 10.0 Å². The third-order valence-corrected chi connectivity index (χ3v) is 6.76. The van der Waals surface area contributed by atoms with Crippen LogP contribution in [0.3, 0.4) is 0 Å². The molecule has 0 aromatic heterocycles. The van der Waals surface area contributed by atoms with Gasteiger partial charge in [0.15, 0.2) is 0 Å². The Kier molecular flexibility index (Phi) is 5.03. The molecule has 4 rings (SSSR count). The Morgan fingerprint density at radius 1 is 0.857 bits per heavy atom. The molecule has 5 heteroatoms. The van der Waals surface area contributed by atoms with Gasteiger partial charge >= 0.3 is 0 Å². The predicted octanol–water partition coefficient (Wildman–Crippen LogP) is 4.52. The SMILES string of the molecule is COc1ccc([C@H]2[C@@H](/C=C/c3ccccc3)N2S(=O)(=O)c2ccccc2)cc1. The molecule has 4 nitrogen and oxygen atoms in total. The fourth-order valence-electron chi connectivity index (χ4n) is 3.36. The summed E-state index contributed by atoms with van der Waals surface area (Å²) in [7, 11) is -1.97. The van der Waals surface area contributed by atoms with E-state index in [2.05, 4.69) is 0 Å². The van der Waals surface area contributed by atoms with Crippen molar-refractivity contribution in [2.24, 2.45) is 0 Å². The molecule has 1 aliphatic rings. The second-order valence-corrected chi connectivity index (χ2v) is 8.47. The largest absolute Gasteiger partial charge is 0.497 e. The average Bonchev–Trinajstić information content (AvgIpc) is 3.49. The second-order valence-electron chi connectivity index (χ2n) is 6.63. The summed E-state index contributed by atoms with van der Waals surface area (Å²) in [5.74, 6) is 0.748. The van der Waals surface area contributed by atoms with Crippen LogP contribution in [0.2, 0.25) is 0 Å². The van der Waals surface area contributed by atoms with Gasteiger partial charge in [-0.3, -0.25) is 0 Å². The van der Waals surface area contributed by atoms with Gasteiger partial charge in [-0.1, -0.05) is 72.8 Å². The molecule has 3 aromatic rings. The zero-order chi connectivity index (χ0) is 19.6. The molecule has 3 aromatic carbocycles. The minimum atomic E-state index is -3.58. The molecule has 1 aliphatic heterocycles. The molecule has 0 N–H and O–H groups in total. The van der Waals surface area contributed by atoms with Gasteiger partial charge in [0.2, 0.25) is 10.0 Å².